The van der Waals surface area contributed by atoms with Gasteiger partial charge in [0.15, 0.2) is 0 Å². The average molecular weight is 183 g/mol. The quantitative estimate of drug-likeness (QED) is 0.632. The van der Waals surface area contributed by atoms with Crippen molar-refractivity contribution in [3.05, 3.63) is 0 Å². The minimum atomic E-state index is -0.762. The highest BCUT2D eigenvalue weighted by Crippen LogP contribution is 1.96. The van der Waals surface area contributed by atoms with E-state index >= 15 is 0 Å². The molecule has 0 aromatic rings. The lowest BCUT2D eigenvalue weighted by Crippen LogP contribution is -1.94. The maximum absolute atomic E-state index is 8.23. The zero-order valence-corrected chi connectivity index (χ0v) is 6.43. The molecule has 2 nitrogen and oxygen atoms in total. The van der Waals surface area contributed by atoms with Crippen LogP contribution in [0.3, 0.4) is 0 Å². The number of alkyl halides is 2. The van der Waals surface area contributed by atoms with Gasteiger partial charge >= 0.3 is 0 Å². The van der Waals surface area contributed by atoms with Gasteiger partial charge in [-0.1, -0.05) is 11.6 Å². The molecule has 0 spiro atoms. The summed E-state index contributed by atoms with van der Waals surface area (Å²) in [4.78, 5) is 0. The predicted octanol–water partition coefficient (Wildman–Crippen LogP) is 0.770. The number of hydrogen-bond acceptors (Lipinski definition) is 1. The molecule has 0 aliphatic heterocycles. The van der Waals surface area contributed by atoms with Gasteiger partial charge in [0, 0.05) is 12.3 Å². The summed E-state index contributed by atoms with van der Waals surface area (Å²) >= 11 is 10.2. The lowest BCUT2D eigenvalue weighted by atomic mass is 10.5. The lowest BCUT2D eigenvalue weighted by Gasteiger charge is -1.91. The third kappa shape index (κ3) is 15.8. The Morgan fingerprint density at radius 3 is 1.88 bits per heavy atom. The van der Waals surface area contributed by atoms with Crippen molar-refractivity contribution < 1.29 is 10.6 Å². The molecule has 0 radical (unpaired) electrons. The van der Waals surface area contributed by atoms with E-state index in [2.05, 4.69) is 0 Å². The molecule has 0 amide bonds. The van der Waals surface area contributed by atoms with Crippen molar-refractivity contribution in [2.75, 3.05) is 5.88 Å². The van der Waals surface area contributed by atoms with E-state index in [4.69, 9.17) is 28.3 Å². The first kappa shape index (κ1) is 15.9. The van der Waals surface area contributed by atoms with Crippen molar-refractivity contribution in [1.29, 1.82) is 0 Å². The van der Waals surface area contributed by atoms with Crippen molar-refractivity contribution in [2.45, 2.75) is 12.0 Å². The number of aliphatic hydroxyl groups excluding tert-OH is 1. The topological polar surface area (TPSA) is 51.7 Å². The van der Waals surface area contributed by atoms with Gasteiger partial charge in [-0.2, -0.15) is 0 Å². The average Bonchev–Trinajstić information content (AvgIpc) is 1.35. The van der Waals surface area contributed by atoms with Crippen molar-refractivity contribution >= 4 is 35.6 Å². The molecule has 8 heavy (non-hydrogen) atoms. The SMILES string of the molecule is Cl.O.OC(Cl)CCCl. The molecule has 0 saturated carbocycles. The van der Waals surface area contributed by atoms with Gasteiger partial charge < -0.3 is 10.6 Å². The molecule has 0 bridgehead atoms. The third-order valence-electron chi connectivity index (χ3n) is 0.347. The van der Waals surface area contributed by atoms with Crippen molar-refractivity contribution in [3.8, 4) is 0 Å². The highest BCUT2D eigenvalue weighted by atomic mass is 35.5. The molecular weight excluding hydrogens is 174 g/mol. The number of aliphatic hydroxyl groups is 1. The molecule has 0 heterocycles. The summed E-state index contributed by atoms with van der Waals surface area (Å²) < 4.78 is 0. The smallest absolute Gasteiger partial charge is 0.129 e. The van der Waals surface area contributed by atoms with Crippen LogP contribution < -0.4 is 0 Å². The Balaban J connectivity index is -0.000000125. The van der Waals surface area contributed by atoms with Gasteiger partial charge in [-0.3, -0.25) is 0 Å². The van der Waals surface area contributed by atoms with Gasteiger partial charge in [-0.15, -0.1) is 24.0 Å². The second-order valence-corrected chi connectivity index (χ2v) is 1.79. The summed E-state index contributed by atoms with van der Waals surface area (Å²) in [5.41, 5.74) is -0.762. The van der Waals surface area contributed by atoms with Gasteiger partial charge in [0.25, 0.3) is 0 Å². The largest absolute Gasteiger partial charge is 0.412 e. The zero-order valence-electron chi connectivity index (χ0n) is 4.10. The molecule has 1 atom stereocenters. The molecule has 1 unspecified atom stereocenters. The molecule has 5 heteroatoms. The van der Waals surface area contributed by atoms with E-state index in [0.29, 0.717) is 12.3 Å². The van der Waals surface area contributed by atoms with Crippen molar-refractivity contribution in [3.63, 3.8) is 0 Å². The van der Waals surface area contributed by atoms with Crippen molar-refractivity contribution in [2.24, 2.45) is 0 Å². The van der Waals surface area contributed by atoms with E-state index in [0.717, 1.165) is 0 Å². The normalized spacial score (nSPS) is 10.9. The maximum Gasteiger partial charge on any atom is 0.129 e. The van der Waals surface area contributed by atoms with Crippen LogP contribution in [-0.2, 0) is 0 Å². The predicted molar refractivity (Wildman–Crippen MR) is 38.1 cm³/mol. The monoisotopic (exact) mass is 182 g/mol. The summed E-state index contributed by atoms with van der Waals surface area (Å²) in [6.45, 7) is 0. The second-order valence-electron chi connectivity index (χ2n) is 0.912. The van der Waals surface area contributed by atoms with E-state index in [1.165, 1.54) is 0 Å². The summed E-state index contributed by atoms with van der Waals surface area (Å²) in [6.07, 6.45) is 0.461. The second kappa shape index (κ2) is 10.7. The minimum Gasteiger partial charge on any atom is -0.412 e. The first-order chi connectivity index (χ1) is 2.77. The van der Waals surface area contributed by atoms with Gasteiger partial charge in [-0.25, -0.2) is 0 Å². The fraction of sp³-hybridized carbons (Fsp3) is 1.00. The Bertz CT molecular complexity index is 33.7. The Kier molecular flexibility index (Phi) is 21.3. The highest BCUT2D eigenvalue weighted by molar-refractivity contribution is 6.21. The van der Waals surface area contributed by atoms with Gasteiger partial charge in [0.2, 0.25) is 0 Å². The van der Waals surface area contributed by atoms with Crippen molar-refractivity contribution in [1.82, 2.24) is 0 Å². The van der Waals surface area contributed by atoms with Gasteiger partial charge in [0.05, 0.1) is 0 Å². The van der Waals surface area contributed by atoms with Crippen LogP contribution in [0.15, 0.2) is 0 Å². The van der Waals surface area contributed by atoms with Crippen LogP contribution in [0.4, 0.5) is 0 Å². The number of rotatable bonds is 2. The van der Waals surface area contributed by atoms with Crippen LogP contribution in [0.25, 0.3) is 0 Å². The third-order valence-corrected chi connectivity index (χ3v) is 0.784. The summed E-state index contributed by atoms with van der Waals surface area (Å²) in [7, 11) is 0. The van der Waals surface area contributed by atoms with E-state index in [-0.39, 0.29) is 17.9 Å². The zero-order chi connectivity index (χ0) is 4.99. The van der Waals surface area contributed by atoms with Crippen LogP contribution in [-0.4, -0.2) is 22.0 Å². The van der Waals surface area contributed by atoms with E-state index in [1.54, 1.807) is 0 Å². The fourth-order valence-corrected chi connectivity index (χ4v) is 0.518. The molecule has 0 aromatic carbocycles. The molecule has 54 valence electrons. The number of halogens is 3. The van der Waals surface area contributed by atoms with Crippen LogP contribution in [0, 0.1) is 0 Å². The molecule has 0 fully saturated rings. The Morgan fingerprint density at radius 2 is 1.88 bits per heavy atom. The van der Waals surface area contributed by atoms with E-state index < -0.39 is 5.56 Å². The van der Waals surface area contributed by atoms with E-state index in [9.17, 15) is 0 Å². The van der Waals surface area contributed by atoms with Crippen LogP contribution in [0.2, 0.25) is 0 Å². The molecule has 0 rings (SSSR count). The van der Waals surface area contributed by atoms with Crippen LogP contribution >= 0.6 is 35.6 Å². The number of hydrogen-bond donors (Lipinski definition) is 1. The van der Waals surface area contributed by atoms with Gasteiger partial charge in [-0.05, 0) is 0 Å². The maximum atomic E-state index is 8.23. The summed E-state index contributed by atoms with van der Waals surface area (Å²) in [6, 6.07) is 0. The van der Waals surface area contributed by atoms with Crippen LogP contribution in [0.1, 0.15) is 6.42 Å². The summed E-state index contributed by atoms with van der Waals surface area (Å²) in [5.74, 6) is 0.421. The first-order valence-electron chi connectivity index (χ1n) is 1.65. The lowest BCUT2D eigenvalue weighted by molar-refractivity contribution is 0.253. The minimum absolute atomic E-state index is 0. The fourth-order valence-electron chi connectivity index (χ4n) is 0.0900. The summed E-state index contributed by atoms with van der Waals surface area (Å²) in [5, 5.41) is 8.23. The standard InChI is InChI=1S/C3H6Cl2O.ClH.H2O/c4-2-1-3(5)6;;/h3,6H,1-2H2;1H;1H2. The Hall–Kier alpha value is 0.790. The molecular formula is C3H9Cl3O2. The Labute approximate surface area is 64.5 Å². The highest BCUT2D eigenvalue weighted by Gasteiger charge is 1.91. The molecule has 0 aliphatic carbocycles. The molecule has 0 aliphatic rings. The molecule has 0 saturated heterocycles. The molecule has 0 aromatic heterocycles. The first-order valence-corrected chi connectivity index (χ1v) is 2.62. The Morgan fingerprint density at radius 1 is 1.50 bits per heavy atom. The molecule has 3 N–H and O–H groups in total. The van der Waals surface area contributed by atoms with E-state index in [1.807, 2.05) is 0 Å². The van der Waals surface area contributed by atoms with Gasteiger partial charge in [0.1, 0.15) is 5.56 Å². The van der Waals surface area contributed by atoms with Crippen LogP contribution in [0.5, 0.6) is 0 Å².